The van der Waals surface area contributed by atoms with E-state index in [1.54, 1.807) is 24.3 Å². The minimum absolute atomic E-state index is 0.00679. The van der Waals surface area contributed by atoms with Crippen molar-refractivity contribution in [2.75, 3.05) is 33.3 Å². The number of ketones is 1. The highest BCUT2D eigenvalue weighted by molar-refractivity contribution is 5.92. The molecule has 3 rings (SSSR count). The number of imidazole rings is 1. The van der Waals surface area contributed by atoms with Crippen molar-refractivity contribution in [2.24, 2.45) is 0 Å². The van der Waals surface area contributed by atoms with Gasteiger partial charge in [0, 0.05) is 52.8 Å². The molecule has 0 N–H and O–H groups in total. The van der Waals surface area contributed by atoms with Crippen molar-refractivity contribution in [2.45, 2.75) is 26.1 Å². The molecule has 0 unspecified atom stereocenters. The normalized spacial score (nSPS) is 19.0. The standard InChI is InChI=1S/C16H22N4O3/c1-12(21)14-8-17-15-11-19(6-7-20(14)15)16(22)4-3-5-18-9-13(10-18)23-2/h3-4,8,13H,5-7,9-11H2,1-2H3/b4-3+. The fourth-order valence-electron chi connectivity index (χ4n) is 2.96. The lowest BCUT2D eigenvalue weighted by atomic mass is 10.1. The number of Topliss-reactive ketones (excluding diaryl/α,β-unsaturated/α-hetero) is 1. The minimum Gasteiger partial charge on any atom is -0.379 e. The first-order chi connectivity index (χ1) is 11.1. The lowest BCUT2D eigenvalue weighted by Gasteiger charge is -2.37. The number of nitrogens with zero attached hydrogens (tertiary/aromatic N) is 4. The zero-order valence-corrected chi connectivity index (χ0v) is 13.6. The molecule has 0 bridgehead atoms. The van der Waals surface area contributed by atoms with Crippen molar-refractivity contribution in [1.82, 2.24) is 19.4 Å². The van der Waals surface area contributed by atoms with Gasteiger partial charge in [-0.2, -0.15) is 0 Å². The van der Waals surface area contributed by atoms with Gasteiger partial charge in [-0.15, -0.1) is 0 Å². The Bertz CT molecular complexity index is 631. The summed E-state index contributed by atoms with van der Waals surface area (Å²) in [6.45, 7) is 5.81. The maximum Gasteiger partial charge on any atom is 0.246 e. The maximum absolute atomic E-state index is 12.2. The van der Waals surface area contributed by atoms with Crippen molar-refractivity contribution >= 4 is 11.7 Å². The molecule has 2 aliphatic rings. The van der Waals surface area contributed by atoms with Crippen LogP contribution >= 0.6 is 0 Å². The van der Waals surface area contributed by atoms with Crippen LogP contribution in [0.1, 0.15) is 23.2 Å². The molecule has 0 saturated carbocycles. The quantitative estimate of drug-likeness (QED) is 0.577. The van der Waals surface area contributed by atoms with Crippen LogP contribution in [0.25, 0.3) is 0 Å². The zero-order chi connectivity index (χ0) is 16.4. The molecule has 1 saturated heterocycles. The van der Waals surface area contributed by atoms with Crippen molar-refractivity contribution < 1.29 is 14.3 Å². The number of aromatic nitrogens is 2. The number of hydrogen-bond donors (Lipinski definition) is 0. The van der Waals surface area contributed by atoms with Gasteiger partial charge in [0.1, 0.15) is 11.5 Å². The highest BCUT2D eigenvalue weighted by Gasteiger charge is 2.25. The molecule has 23 heavy (non-hydrogen) atoms. The van der Waals surface area contributed by atoms with Gasteiger partial charge in [-0.3, -0.25) is 14.5 Å². The van der Waals surface area contributed by atoms with E-state index in [2.05, 4.69) is 9.88 Å². The molecule has 0 spiro atoms. The Labute approximate surface area is 135 Å². The third kappa shape index (κ3) is 3.35. The average Bonchev–Trinajstić information content (AvgIpc) is 2.92. The molecule has 124 valence electrons. The average molecular weight is 318 g/mol. The summed E-state index contributed by atoms with van der Waals surface area (Å²) in [5.41, 5.74) is 0.619. The predicted octanol–water partition coefficient (Wildman–Crippen LogP) is 0.315. The van der Waals surface area contributed by atoms with Gasteiger partial charge in [-0.25, -0.2) is 4.98 Å². The maximum atomic E-state index is 12.2. The van der Waals surface area contributed by atoms with Crippen molar-refractivity contribution in [3.8, 4) is 0 Å². The molecule has 1 aromatic rings. The van der Waals surface area contributed by atoms with Crippen LogP contribution in [0.5, 0.6) is 0 Å². The molecule has 1 amide bonds. The van der Waals surface area contributed by atoms with Crippen LogP contribution in [-0.4, -0.2) is 70.4 Å². The van der Waals surface area contributed by atoms with Gasteiger partial charge >= 0.3 is 0 Å². The second kappa shape index (κ2) is 6.64. The summed E-state index contributed by atoms with van der Waals surface area (Å²) in [6, 6.07) is 0. The van der Waals surface area contributed by atoms with Crippen molar-refractivity contribution in [3.05, 3.63) is 29.9 Å². The molecular weight excluding hydrogens is 296 g/mol. The van der Waals surface area contributed by atoms with Gasteiger partial charge < -0.3 is 14.2 Å². The number of methoxy groups -OCH3 is 1. The van der Waals surface area contributed by atoms with Gasteiger partial charge in [0.15, 0.2) is 5.78 Å². The number of hydrogen-bond acceptors (Lipinski definition) is 5. The summed E-state index contributed by atoms with van der Waals surface area (Å²) in [7, 11) is 1.72. The Morgan fingerprint density at radius 1 is 1.39 bits per heavy atom. The topological polar surface area (TPSA) is 67.7 Å². The number of rotatable bonds is 5. The number of carbonyl (C=O) groups excluding carboxylic acids is 2. The van der Waals surface area contributed by atoms with Gasteiger partial charge in [0.2, 0.25) is 5.91 Å². The van der Waals surface area contributed by atoms with Crippen molar-refractivity contribution in [1.29, 1.82) is 0 Å². The second-order valence-electron chi connectivity index (χ2n) is 6.01. The summed E-state index contributed by atoms with van der Waals surface area (Å²) in [5.74, 6) is 0.772. The van der Waals surface area contributed by atoms with Crippen molar-refractivity contribution in [3.63, 3.8) is 0 Å². The largest absolute Gasteiger partial charge is 0.379 e. The first kappa shape index (κ1) is 15.9. The summed E-state index contributed by atoms with van der Waals surface area (Å²) < 4.78 is 7.12. The van der Waals surface area contributed by atoms with Crippen LogP contribution in [0.15, 0.2) is 18.3 Å². The molecule has 3 heterocycles. The Morgan fingerprint density at radius 3 is 2.87 bits per heavy atom. The number of amides is 1. The number of ether oxygens (including phenoxy) is 1. The van der Waals surface area contributed by atoms with Crippen LogP contribution < -0.4 is 0 Å². The van der Waals surface area contributed by atoms with E-state index >= 15 is 0 Å². The Balaban J connectivity index is 1.52. The molecule has 7 nitrogen and oxygen atoms in total. The molecule has 1 aromatic heterocycles. The molecule has 2 aliphatic heterocycles. The Kier molecular flexibility index (Phi) is 4.58. The monoisotopic (exact) mass is 318 g/mol. The third-order valence-electron chi connectivity index (χ3n) is 4.42. The number of carbonyl (C=O) groups is 2. The van der Waals surface area contributed by atoms with Crippen LogP contribution in [-0.2, 0) is 22.6 Å². The number of likely N-dealkylation sites (tertiary alicyclic amines) is 1. The van der Waals surface area contributed by atoms with E-state index < -0.39 is 0 Å². The molecule has 0 aromatic carbocycles. The SMILES string of the molecule is COC1CN(C/C=C/C(=O)N2CCn3c(C(C)=O)cnc3C2)C1. The van der Waals surface area contributed by atoms with E-state index in [-0.39, 0.29) is 11.7 Å². The first-order valence-corrected chi connectivity index (χ1v) is 7.84. The van der Waals surface area contributed by atoms with Crippen LogP contribution in [0.3, 0.4) is 0 Å². The number of fused-ring (bicyclic) bond motifs is 1. The lowest BCUT2D eigenvalue weighted by molar-refractivity contribution is -0.127. The molecule has 7 heteroatoms. The smallest absolute Gasteiger partial charge is 0.246 e. The Hall–Kier alpha value is -1.99. The second-order valence-corrected chi connectivity index (χ2v) is 6.01. The van der Waals surface area contributed by atoms with E-state index in [0.29, 0.717) is 31.4 Å². The van der Waals surface area contributed by atoms with Crippen LogP contribution in [0.4, 0.5) is 0 Å². The van der Waals surface area contributed by atoms with Gasteiger partial charge in [0.25, 0.3) is 0 Å². The molecular formula is C16H22N4O3. The summed E-state index contributed by atoms with van der Waals surface area (Å²) in [4.78, 5) is 32.0. The van der Waals surface area contributed by atoms with Gasteiger partial charge in [0.05, 0.1) is 18.8 Å². The summed E-state index contributed by atoms with van der Waals surface area (Å²) >= 11 is 0. The fraction of sp³-hybridized carbons (Fsp3) is 0.562. The predicted molar refractivity (Wildman–Crippen MR) is 84.0 cm³/mol. The third-order valence-corrected chi connectivity index (χ3v) is 4.42. The molecule has 1 fully saturated rings. The van der Waals surface area contributed by atoms with Gasteiger partial charge in [-0.05, 0) is 0 Å². The first-order valence-electron chi connectivity index (χ1n) is 7.84. The van der Waals surface area contributed by atoms with Gasteiger partial charge in [-0.1, -0.05) is 6.08 Å². The van der Waals surface area contributed by atoms with E-state index in [4.69, 9.17) is 4.74 Å². The fourth-order valence-corrected chi connectivity index (χ4v) is 2.96. The minimum atomic E-state index is -0.00700. The summed E-state index contributed by atoms with van der Waals surface area (Å²) in [6.07, 6.45) is 5.45. The Morgan fingerprint density at radius 2 is 2.17 bits per heavy atom. The zero-order valence-electron chi connectivity index (χ0n) is 13.6. The van der Waals surface area contributed by atoms with Crippen LogP contribution in [0.2, 0.25) is 0 Å². The highest BCUT2D eigenvalue weighted by atomic mass is 16.5. The molecule has 0 radical (unpaired) electrons. The lowest BCUT2D eigenvalue weighted by Crippen LogP contribution is -2.51. The summed E-state index contributed by atoms with van der Waals surface area (Å²) in [5, 5.41) is 0. The van der Waals surface area contributed by atoms with E-state index in [1.165, 1.54) is 6.92 Å². The van der Waals surface area contributed by atoms with E-state index in [9.17, 15) is 9.59 Å². The van der Waals surface area contributed by atoms with E-state index in [1.807, 2.05) is 10.6 Å². The highest BCUT2D eigenvalue weighted by Crippen LogP contribution is 2.15. The van der Waals surface area contributed by atoms with E-state index in [0.717, 1.165) is 25.5 Å². The van der Waals surface area contributed by atoms with Crippen LogP contribution in [0, 0.1) is 0 Å². The molecule has 0 atom stereocenters. The molecule has 0 aliphatic carbocycles.